The molecule has 6 heteroatoms. The number of unbranched alkanes of at least 4 members (excludes halogenated alkanes) is 1. The third kappa shape index (κ3) is 5.17. The molecule has 0 saturated heterocycles. The van der Waals surface area contributed by atoms with E-state index in [9.17, 15) is 9.59 Å². The summed E-state index contributed by atoms with van der Waals surface area (Å²) in [4.78, 5) is 27.6. The largest absolute Gasteiger partial charge is 0.480 e. The van der Waals surface area contributed by atoms with Gasteiger partial charge in [-0.25, -0.2) is 9.78 Å². The zero-order valence-electron chi connectivity index (χ0n) is 13.0. The van der Waals surface area contributed by atoms with E-state index in [2.05, 4.69) is 10.3 Å². The van der Waals surface area contributed by atoms with Crippen LogP contribution >= 0.6 is 11.3 Å². The van der Waals surface area contributed by atoms with Gasteiger partial charge < -0.3 is 10.4 Å². The molecule has 0 aliphatic heterocycles. The number of aromatic nitrogens is 1. The fraction of sp³-hybridized carbons (Fsp3) is 0.353. The number of hydrogen-bond donors (Lipinski definition) is 2. The van der Waals surface area contributed by atoms with Crippen molar-refractivity contribution in [3.05, 3.63) is 41.4 Å². The molecule has 0 spiro atoms. The topological polar surface area (TPSA) is 79.3 Å². The lowest BCUT2D eigenvalue weighted by Crippen LogP contribution is -2.41. The van der Waals surface area contributed by atoms with Crippen molar-refractivity contribution in [2.24, 2.45) is 0 Å². The minimum Gasteiger partial charge on any atom is -0.480 e. The van der Waals surface area contributed by atoms with Crippen LogP contribution in [-0.2, 0) is 16.0 Å². The van der Waals surface area contributed by atoms with Crippen LogP contribution in [0.2, 0.25) is 0 Å². The molecule has 0 saturated carbocycles. The Morgan fingerprint density at radius 1 is 1.30 bits per heavy atom. The average molecular weight is 332 g/mol. The summed E-state index contributed by atoms with van der Waals surface area (Å²) in [6.07, 6.45) is 2.21. The zero-order chi connectivity index (χ0) is 16.7. The second-order valence-electron chi connectivity index (χ2n) is 5.29. The van der Waals surface area contributed by atoms with Crippen molar-refractivity contribution < 1.29 is 14.7 Å². The van der Waals surface area contributed by atoms with Crippen LogP contribution in [0.5, 0.6) is 0 Å². The van der Waals surface area contributed by atoms with Crippen molar-refractivity contribution in [2.75, 3.05) is 0 Å². The number of carboxylic acids is 1. The van der Waals surface area contributed by atoms with E-state index in [4.69, 9.17) is 5.11 Å². The van der Waals surface area contributed by atoms with Gasteiger partial charge in [0.1, 0.15) is 11.0 Å². The SMILES string of the molecule is CCCC[C@H](NC(=O)Cc1csc(-c2ccccc2)n1)C(=O)O. The first kappa shape index (κ1) is 17.1. The number of aliphatic carboxylic acids is 1. The molecule has 1 heterocycles. The van der Waals surface area contributed by atoms with Gasteiger partial charge in [0.15, 0.2) is 0 Å². The molecule has 0 unspecified atom stereocenters. The summed E-state index contributed by atoms with van der Waals surface area (Å²) in [5.74, 6) is -1.30. The molecule has 0 fully saturated rings. The van der Waals surface area contributed by atoms with Crippen LogP contribution in [0.15, 0.2) is 35.7 Å². The Bertz CT molecular complexity index is 655. The van der Waals surface area contributed by atoms with Gasteiger partial charge in [0.05, 0.1) is 12.1 Å². The van der Waals surface area contributed by atoms with Gasteiger partial charge in [-0.05, 0) is 6.42 Å². The monoisotopic (exact) mass is 332 g/mol. The molecule has 0 aliphatic rings. The summed E-state index contributed by atoms with van der Waals surface area (Å²) in [6.45, 7) is 1.99. The fourth-order valence-electron chi connectivity index (χ4n) is 2.18. The molecule has 2 rings (SSSR count). The highest BCUT2D eigenvalue weighted by atomic mass is 32.1. The number of carboxylic acid groups (broad SMARTS) is 1. The van der Waals surface area contributed by atoms with E-state index < -0.39 is 12.0 Å². The van der Waals surface area contributed by atoms with Gasteiger partial charge in [-0.2, -0.15) is 0 Å². The smallest absolute Gasteiger partial charge is 0.326 e. The molecule has 2 aromatic rings. The maximum absolute atomic E-state index is 12.0. The van der Waals surface area contributed by atoms with Crippen LogP contribution in [0, 0.1) is 0 Å². The number of amides is 1. The third-order valence-electron chi connectivity index (χ3n) is 3.39. The van der Waals surface area contributed by atoms with Crippen molar-refractivity contribution in [3.63, 3.8) is 0 Å². The van der Waals surface area contributed by atoms with E-state index in [-0.39, 0.29) is 12.3 Å². The Hall–Kier alpha value is -2.21. The number of benzene rings is 1. The number of nitrogens with zero attached hydrogens (tertiary/aromatic N) is 1. The molecular weight excluding hydrogens is 312 g/mol. The molecule has 0 bridgehead atoms. The molecule has 2 N–H and O–H groups in total. The molecule has 122 valence electrons. The molecule has 1 amide bonds. The molecule has 1 aromatic heterocycles. The summed E-state index contributed by atoms with van der Waals surface area (Å²) >= 11 is 1.48. The Balaban J connectivity index is 1.95. The molecule has 23 heavy (non-hydrogen) atoms. The first-order valence-electron chi connectivity index (χ1n) is 7.62. The predicted octanol–water partition coefficient (Wildman–Crippen LogP) is 3.11. The van der Waals surface area contributed by atoms with E-state index in [1.807, 2.05) is 42.6 Å². The minimum absolute atomic E-state index is 0.0965. The maximum Gasteiger partial charge on any atom is 0.326 e. The predicted molar refractivity (Wildman–Crippen MR) is 90.3 cm³/mol. The van der Waals surface area contributed by atoms with Crippen LogP contribution in [0.25, 0.3) is 10.6 Å². The molecule has 0 radical (unpaired) electrons. The van der Waals surface area contributed by atoms with E-state index in [1.54, 1.807) is 0 Å². The number of carbonyl (C=O) groups is 2. The number of nitrogens with one attached hydrogen (secondary N) is 1. The van der Waals surface area contributed by atoms with E-state index in [1.165, 1.54) is 11.3 Å². The first-order valence-corrected chi connectivity index (χ1v) is 8.50. The second-order valence-corrected chi connectivity index (χ2v) is 6.15. The van der Waals surface area contributed by atoms with Crippen molar-refractivity contribution >= 4 is 23.2 Å². The molecule has 1 atom stereocenters. The molecular formula is C17H20N2O3S. The van der Waals surface area contributed by atoms with Crippen molar-refractivity contribution in [1.82, 2.24) is 10.3 Å². The van der Waals surface area contributed by atoms with Crippen molar-refractivity contribution in [3.8, 4) is 10.6 Å². The zero-order valence-corrected chi connectivity index (χ0v) is 13.8. The van der Waals surface area contributed by atoms with Gasteiger partial charge in [0, 0.05) is 10.9 Å². The van der Waals surface area contributed by atoms with E-state index in [0.29, 0.717) is 12.1 Å². The quantitative estimate of drug-likeness (QED) is 0.778. The van der Waals surface area contributed by atoms with Gasteiger partial charge >= 0.3 is 5.97 Å². The lowest BCUT2D eigenvalue weighted by atomic mass is 10.1. The number of carbonyl (C=O) groups excluding carboxylic acids is 1. The number of thiazole rings is 1. The fourth-order valence-corrected chi connectivity index (χ4v) is 3.00. The highest BCUT2D eigenvalue weighted by Gasteiger charge is 2.19. The van der Waals surface area contributed by atoms with Crippen LogP contribution in [0.4, 0.5) is 0 Å². The standard InChI is InChI=1S/C17H20N2O3S/c1-2-3-9-14(17(21)22)19-15(20)10-13-11-23-16(18-13)12-7-5-4-6-8-12/h4-8,11,14H,2-3,9-10H2,1H3,(H,19,20)(H,21,22)/t14-/m0/s1. The Labute approximate surface area is 139 Å². The highest BCUT2D eigenvalue weighted by molar-refractivity contribution is 7.13. The summed E-state index contributed by atoms with van der Waals surface area (Å²) in [5, 5.41) is 14.4. The average Bonchev–Trinajstić information content (AvgIpc) is 3.00. The van der Waals surface area contributed by atoms with Crippen LogP contribution in [0.1, 0.15) is 31.9 Å². The minimum atomic E-state index is -0.991. The van der Waals surface area contributed by atoms with Crippen molar-refractivity contribution in [1.29, 1.82) is 0 Å². The Morgan fingerprint density at radius 3 is 2.70 bits per heavy atom. The molecule has 1 aromatic carbocycles. The summed E-state index contributed by atoms with van der Waals surface area (Å²) in [5.41, 5.74) is 1.67. The van der Waals surface area contributed by atoms with Gasteiger partial charge in [-0.15, -0.1) is 11.3 Å². The van der Waals surface area contributed by atoms with Gasteiger partial charge in [-0.3, -0.25) is 4.79 Å². The van der Waals surface area contributed by atoms with Gasteiger partial charge in [0.25, 0.3) is 0 Å². The lowest BCUT2D eigenvalue weighted by molar-refractivity contribution is -0.142. The molecule has 5 nitrogen and oxygen atoms in total. The maximum atomic E-state index is 12.0. The summed E-state index contributed by atoms with van der Waals surface area (Å²) in [7, 11) is 0. The van der Waals surface area contributed by atoms with Crippen molar-refractivity contribution in [2.45, 2.75) is 38.6 Å². The first-order chi connectivity index (χ1) is 11.1. The number of rotatable bonds is 8. The van der Waals surface area contributed by atoms with Gasteiger partial charge in [0.2, 0.25) is 5.91 Å². The van der Waals surface area contributed by atoms with E-state index >= 15 is 0 Å². The normalized spacial score (nSPS) is 11.9. The van der Waals surface area contributed by atoms with Crippen LogP contribution in [-0.4, -0.2) is 28.0 Å². The van der Waals surface area contributed by atoms with Crippen LogP contribution < -0.4 is 5.32 Å². The third-order valence-corrected chi connectivity index (χ3v) is 4.33. The number of hydrogen-bond acceptors (Lipinski definition) is 4. The van der Waals surface area contributed by atoms with Crippen LogP contribution in [0.3, 0.4) is 0 Å². The Morgan fingerprint density at radius 2 is 2.04 bits per heavy atom. The highest BCUT2D eigenvalue weighted by Crippen LogP contribution is 2.23. The van der Waals surface area contributed by atoms with E-state index in [0.717, 1.165) is 23.4 Å². The summed E-state index contributed by atoms with van der Waals surface area (Å²) < 4.78 is 0. The molecule has 0 aliphatic carbocycles. The Kier molecular flexibility index (Phi) is 6.29. The second kappa shape index (κ2) is 8.43. The lowest BCUT2D eigenvalue weighted by Gasteiger charge is -2.13. The van der Waals surface area contributed by atoms with Gasteiger partial charge in [-0.1, -0.05) is 50.1 Å². The summed E-state index contributed by atoms with van der Waals surface area (Å²) in [6, 6.07) is 8.92.